The van der Waals surface area contributed by atoms with Crippen molar-refractivity contribution in [2.75, 3.05) is 6.61 Å². The third-order valence-corrected chi connectivity index (χ3v) is 2.73. The number of ketones is 1. The summed E-state index contributed by atoms with van der Waals surface area (Å²) in [5.41, 5.74) is 0. The summed E-state index contributed by atoms with van der Waals surface area (Å²) in [7, 11) is 0. The molecule has 98 valence electrons. The SMILES string of the molecule is CCCOC1C(=O)CC1Oc1cc(F)ccc1F. The van der Waals surface area contributed by atoms with Gasteiger partial charge in [0, 0.05) is 19.1 Å². The van der Waals surface area contributed by atoms with Crippen molar-refractivity contribution in [3.8, 4) is 5.75 Å². The highest BCUT2D eigenvalue weighted by Crippen LogP contribution is 2.28. The van der Waals surface area contributed by atoms with Crippen LogP contribution in [0.15, 0.2) is 18.2 Å². The Kier molecular flexibility index (Phi) is 3.91. The molecule has 0 aliphatic heterocycles. The van der Waals surface area contributed by atoms with Crippen LogP contribution in [0.3, 0.4) is 0 Å². The number of hydrogen-bond donors (Lipinski definition) is 0. The van der Waals surface area contributed by atoms with Crippen LogP contribution in [0.5, 0.6) is 5.75 Å². The molecule has 1 aromatic carbocycles. The molecule has 0 spiro atoms. The van der Waals surface area contributed by atoms with Gasteiger partial charge in [-0.1, -0.05) is 6.92 Å². The van der Waals surface area contributed by atoms with E-state index in [1.54, 1.807) is 0 Å². The third kappa shape index (κ3) is 2.67. The molecular formula is C13H14F2O3. The highest BCUT2D eigenvalue weighted by atomic mass is 19.1. The minimum Gasteiger partial charge on any atom is -0.484 e. The van der Waals surface area contributed by atoms with Gasteiger partial charge in [0.05, 0.1) is 0 Å². The van der Waals surface area contributed by atoms with E-state index < -0.39 is 23.8 Å². The second-order valence-electron chi connectivity index (χ2n) is 4.19. The van der Waals surface area contributed by atoms with Crippen LogP contribution in [0, 0.1) is 11.6 Å². The zero-order chi connectivity index (χ0) is 13.1. The van der Waals surface area contributed by atoms with Crippen molar-refractivity contribution in [3.63, 3.8) is 0 Å². The Hall–Kier alpha value is -1.49. The Morgan fingerprint density at radius 3 is 2.83 bits per heavy atom. The van der Waals surface area contributed by atoms with E-state index in [-0.39, 0.29) is 18.0 Å². The van der Waals surface area contributed by atoms with Gasteiger partial charge < -0.3 is 9.47 Å². The summed E-state index contributed by atoms with van der Waals surface area (Å²) in [6.45, 7) is 2.37. The molecule has 0 heterocycles. The summed E-state index contributed by atoms with van der Waals surface area (Å²) in [4.78, 5) is 11.3. The summed E-state index contributed by atoms with van der Waals surface area (Å²) in [5.74, 6) is -1.48. The molecule has 1 aliphatic carbocycles. The number of halogens is 2. The molecule has 5 heteroatoms. The van der Waals surface area contributed by atoms with Gasteiger partial charge in [-0.3, -0.25) is 4.79 Å². The van der Waals surface area contributed by atoms with Gasteiger partial charge in [0.2, 0.25) is 0 Å². The van der Waals surface area contributed by atoms with Crippen LogP contribution >= 0.6 is 0 Å². The molecule has 2 atom stereocenters. The van der Waals surface area contributed by atoms with Crippen molar-refractivity contribution in [2.45, 2.75) is 32.0 Å². The second kappa shape index (κ2) is 5.44. The minimum atomic E-state index is -0.660. The van der Waals surface area contributed by atoms with Gasteiger partial charge in [-0.25, -0.2) is 8.78 Å². The van der Waals surface area contributed by atoms with Crippen LogP contribution < -0.4 is 4.74 Å². The van der Waals surface area contributed by atoms with Gasteiger partial charge in [-0.2, -0.15) is 0 Å². The summed E-state index contributed by atoms with van der Waals surface area (Å²) in [6, 6.07) is 2.97. The van der Waals surface area contributed by atoms with Gasteiger partial charge in [0.15, 0.2) is 23.5 Å². The number of hydrogen-bond acceptors (Lipinski definition) is 3. The average molecular weight is 256 g/mol. The van der Waals surface area contributed by atoms with E-state index in [4.69, 9.17) is 9.47 Å². The van der Waals surface area contributed by atoms with Crippen LogP contribution in [0.4, 0.5) is 8.78 Å². The van der Waals surface area contributed by atoms with Gasteiger partial charge in [0.25, 0.3) is 0 Å². The van der Waals surface area contributed by atoms with Crippen LogP contribution in [0.2, 0.25) is 0 Å². The quantitative estimate of drug-likeness (QED) is 0.812. The molecule has 0 radical (unpaired) electrons. The zero-order valence-corrected chi connectivity index (χ0v) is 9.99. The first-order valence-electron chi connectivity index (χ1n) is 5.88. The van der Waals surface area contributed by atoms with E-state index in [9.17, 15) is 13.6 Å². The fraction of sp³-hybridized carbons (Fsp3) is 0.462. The lowest BCUT2D eigenvalue weighted by atomic mass is 9.90. The summed E-state index contributed by atoms with van der Waals surface area (Å²) < 4.78 is 36.9. The molecule has 0 bridgehead atoms. The van der Waals surface area contributed by atoms with E-state index >= 15 is 0 Å². The first-order valence-corrected chi connectivity index (χ1v) is 5.88. The Bertz CT molecular complexity index is 448. The van der Waals surface area contributed by atoms with Crippen molar-refractivity contribution >= 4 is 5.78 Å². The first kappa shape index (κ1) is 13.0. The summed E-state index contributed by atoms with van der Waals surface area (Å²) in [5, 5.41) is 0. The molecule has 3 nitrogen and oxygen atoms in total. The topological polar surface area (TPSA) is 35.5 Å². The first-order chi connectivity index (χ1) is 8.61. The van der Waals surface area contributed by atoms with E-state index in [1.807, 2.05) is 6.92 Å². The fourth-order valence-corrected chi connectivity index (χ4v) is 1.75. The van der Waals surface area contributed by atoms with Crippen LogP contribution in [-0.2, 0) is 9.53 Å². The Labute approximate surface area is 104 Å². The largest absolute Gasteiger partial charge is 0.484 e. The maximum atomic E-state index is 13.3. The molecule has 1 fully saturated rings. The van der Waals surface area contributed by atoms with Gasteiger partial charge in [0.1, 0.15) is 11.9 Å². The predicted molar refractivity (Wildman–Crippen MR) is 60.4 cm³/mol. The third-order valence-electron chi connectivity index (χ3n) is 2.73. The van der Waals surface area contributed by atoms with Gasteiger partial charge in [-0.15, -0.1) is 0 Å². The molecule has 0 aromatic heterocycles. The van der Waals surface area contributed by atoms with Crippen molar-refractivity contribution in [1.29, 1.82) is 0 Å². The molecule has 0 N–H and O–H groups in total. The van der Waals surface area contributed by atoms with Crippen molar-refractivity contribution in [1.82, 2.24) is 0 Å². The molecule has 18 heavy (non-hydrogen) atoms. The lowest BCUT2D eigenvalue weighted by Crippen LogP contribution is -2.52. The Morgan fingerprint density at radius 1 is 1.39 bits per heavy atom. The number of carbonyl (C=O) groups is 1. The number of rotatable bonds is 5. The molecule has 1 aromatic rings. The van der Waals surface area contributed by atoms with E-state index in [1.165, 1.54) is 0 Å². The highest BCUT2D eigenvalue weighted by molar-refractivity contribution is 5.90. The number of ether oxygens (including phenoxy) is 2. The summed E-state index contributed by atoms with van der Waals surface area (Å²) >= 11 is 0. The van der Waals surface area contributed by atoms with Crippen LogP contribution in [0.25, 0.3) is 0 Å². The fourth-order valence-electron chi connectivity index (χ4n) is 1.75. The number of Topliss-reactive ketones (excluding diaryl/α,β-unsaturated/α-hetero) is 1. The molecule has 2 rings (SSSR count). The average Bonchev–Trinajstić information content (AvgIpc) is 2.33. The molecule has 2 unspecified atom stereocenters. The maximum Gasteiger partial charge on any atom is 0.169 e. The molecule has 1 saturated carbocycles. The predicted octanol–water partition coefficient (Wildman–Crippen LogP) is 2.48. The standard InChI is InChI=1S/C13H14F2O3/c1-2-5-17-13-10(16)7-12(13)18-11-6-8(14)3-4-9(11)15/h3-4,6,12-13H,2,5,7H2,1H3. The second-order valence-corrected chi connectivity index (χ2v) is 4.19. The van der Waals surface area contributed by atoms with E-state index in [2.05, 4.69) is 0 Å². The Morgan fingerprint density at radius 2 is 2.17 bits per heavy atom. The zero-order valence-electron chi connectivity index (χ0n) is 9.99. The number of carbonyl (C=O) groups excluding carboxylic acids is 1. The normalized spacial score (nSPS) is 22.7. The van der Waals surface area contributed by atoms with Crippen LogP contribution in [-0.4, -0.2) is 24.6 Å². The van der Waals surface area contributed by atoms with Gasteiger partial charge in [-0.05, 0) is 18.6 Å². The molecule has 0 amide bonds. The van der Waals surface area contributed by atoms with Crippen LogP contribution in [0.1, 0.15) is 19.8 Å². The summed E-state index contributed by atoms with van der Waals surface area (Å²) in [6.07, 6.45) is -0.234. The highest BCUT2D eigenvalue weighted by Gasteiger charge is 2.42. The molecule has 0 saturated heterocycles. The van der Waals surface area contributed by atoms with Crippen molar-refractivity contribution < 1.29 is 23.0 Å². The monoisotopic (exact) mass is 256 g/mol. The van der Waals surface area contributed by atoms with Crippen molar-refractivity contribution in [3.05, 3.63) is 29.8 Å². The molecule has 1 aliphatic rings. The van der Waals surface area contributed by atoms with E-state index in [0.717, 1.165) is 24.6 Å². The minimum absolute atomic E-state index is 0.0646. The lowest BCUT2D eigenvalue weighted by molar-refractivity contribution is -0.155. The number of benzene rings is 1. The smallest absolute Gasteiger partial charge is 0.169 e. The molecular weight excluding hydrogens is 242 g/mol. The Balaban J connectivity index is 2.01. The van der Waals surface area contributed by atoms with Crippen molar-refractivity contribution in [2.24, 2.45) is 0 Å². The maximum absolute atomic E-state index is 13.3. The van der Waals surface area contributed by atoms with Gasteiger partial charge >= 0.3 is 0 Å². The van der Waals surface area contributed by atoms with E-state index in [0.29, 0.717) is 6.61 Å². The lowest BCUT2D eigenvalue weighted by Gasteiger charge is -2.34.